The lowest BCUT2D eigenvalue weighted by Crippen LogP contribution is -2.42. The number of benzene rings is 1. The molecule has 4 heteroatoms. The number of hydrogen-bond acceptors (Lipinski definition) is 1. The number of likely N-dealkylation sites (tertiary alicyclic amines) is 1. The van der Waals surface area contributed by atoms with Crippen LogP contribution >= 0.6 is 24.0 Å². The number of aliphatic imine (C=N–C) groups is 1. The lowest BCUT2D eigenvalue weighted by Gasteiger charge is -2.38. The third kappa shape index (κ3) is 3.90. The normalized spacial score (nSPS) is 20.0. The second-order valence-electron chi connectivity index (χ2n) is 6.18. The van der Waals surface area contributed by atoms with Gasteiger partial charge in [0.1, 0.15) is 0 Å². The molecule has 0 atom stereocenters. The molecule has 0 aromatic heterocycles. The van der Waals surface area contributed by atoms with Gasteiger partial charge in [0.15, 0.2) is 5.96 Å². The summed E-state index contributed by atoms with van der Waals surface area (Å²) in [6.45, 7) is 6.23. The van der Waals surface area contributed by atoms with Crippen molar-refractivity contribution in [1.29, 1.82) is 0 Å². The minimum atomic E-state index is 0. The Labute approximate surface area is 145 Å². The van der Waals surface area contributed by atoms with Crippen molar-refractivity contribution >= 4 is 29.9 Å². The van der Waals surface area contributed by atoms with E-state index in [2.05, 4.69) is 47.5 Å². The Hall–Kier alpha value is -0.780. The fraction of sp³-hybridized carbons (Fsp3) is 0.588. The topological polar surface area (TPSA) is 27.6 Å². The highest BCUT2D eigenvalue weighted by Gasteiger charge is 2.43. The molecule has 3 nitrogen and oxygen atoms in total. The van der Waals surface area contributed by atoms with E-state index in [9.17, 15) is 0 Å². The van der Waals surface area contributed by atoms with Crippen molar-refractivity contribution in [3.63, 3.8) is 0 Å². The maximum Gasteiger partial charge on any atom is 0.194 e. The van der Waals surface area contributed by atoms with Crippen LogP contribution in [0.2, 0.25) is 0 Å². The van der Waals surface area contributed by atoms with E-state index >= 15 is 0 Å². The van der Waals surface area contributed by atoms with Gasteiger partial charge in [0.2, 0.25) is 0 Å². The average Bonchev–Trinajstić information content (AvgIpc) is 2.90. The lowest BCUT2D eigenvalue weighted by atomic mass is 9.68. The number of guanidine groups is 1. The minimum absolute atomic E-state index is 0. The van der Waals surface area contributed by atoms with Gasteiger partial charge in [0.05, 0.1) is 6.54 Å². The smallest absolute Gasteiger partial charge is 0.194 e. The van der Waals surface area contributed by atoms with Gasteiger partial charge < -0.3 is 10.2 Å². The Morgan fingerprint density at radius 1 is 1.24 bits per heavy atom. The third-order valence-electron chi connectivity index (χ3n) is 4.74. The zero-order valence-electron chi connectivity index (χ0n) is 12.8. The van der Waals surface area contributed by atoms with Crippen molar-refractivity contribution in [3.8, 4) is 0 Å². The van der Waals surface area contributed by atoms with Crippen molar-refractivity contribution in [2.75, 3.05) is 19.6 Å². The molecular weight excluding hydrogens is 373 g/mol. The van der Waals surface area contributed by atoms with Gasteiger partial charge in [-0.15, -0.1) is 24.0 Å². The van der Waals surface area contributed by atoms with Crippen LogP contribution in [0.5, 0.6) is 0 Å². The second kappa shape index (κ2) is 7.47. The molecule has 0 unspecified atom stereocenters. The zero-order chi connectivity index (χ0) is 13.8. The zero-order valence-corrected chi connectivity index (χ0v) is 15.2. The molecule has 1 saturated carbocycles. The third-order valence-corrected chi connectivity index (χ3v) is 4.74. The second-order valence-corrected chi connectivity index (χ2v) is 6.18. The summed E-state index contributed by atoms with van der Waals surface area (Å²) in [5.74, 6) is 1.10. The van der Waals surface area contributed by atoms with Crippen LogP contribution in [0.3, 0.4) is 0 Å². The van der Waals surface area contributed by atoms with Crippen molar-refractivity contribution in [3.05, 3.63) is 35.9 Å². The average molecular weight is 399 g/mol. The summed E-state index contributed by atoms with van der Waals surface area (Å²) in [4.78, 5) is 7.29. The molecule has 116 valence electrons. The highest BCUT2D eigenvalue weighted by molar-refractivity contribution is 14.0. The van der Waals surface area contributed by atoms with Crippen LogP contribution in [0.1, 0.15) is 38.2 Å². The summed E-state index contributed by atoms with van der Waals surface area (Å²) < 4.78 is 0. The maximum atomic E-state index is 4.82. The van der Waals surface area contributed by atoms with Gasteiger partial charge in [-0.3, -0.25) is 0 Å². The first-order valence-corrected chi connectivity index (χ1v) is 7.89. The Morgan fingerprint density at radius 2 is 2.00 bits per heavy atom. The van der Waals surface area contributed by atoms with Crippen LogP contribution in [0.25, 0.3) is 0 Å². The quantitative estimate of drug-likeness (QED) is 0.478. The van der Waals surface area contributed by atoms with Crippen LogP contribution in [-0.4, -0.2) is 30.5 Å². The predicted octanol–water partition coefficient (Wildman–Crippen LogP) is 3.65. The van der Waals surface area contributed by atoms with E-state index in [0.29, 0.717) is 5.41 Å². The molecule has 1 aromatic carbocycles. The van der Waals surface area contributed by atoms with Crippen molar-refractivity contribution in [1.82, 2.24) is 10.2 Å². The molecule has 1 N–H and O–H groups in total. The molecule has 0 radical (unpaired) electrons. The van der Waals surface area contributed by atoms with Gasteiger partial charge in [-0.1, -0.05) is 36.8 Å². The maximum absolute atomic E-state index is 4.82. The van der Waals surface area contributed by atoms with Gasteiger partial charge in [-0.2, -0.15) is 0 Å². The molecular formula is C17H26IN3. The number of halogens is 1. The Balaban J connectivity index is 0.00000161. The number of rotatable bonds is 3. The molecule has 1 aromatic rings. The van der Waals surface area contributed by atoms with Crippen LogP contribution < -0.4 is 5.32 Å². The molecule has 2 aliphatic rings. The van der Waals surface area contributed by atoms with Crippen LogP contribution in [0, 0.1) is 5.41 Å². The summed E-state index contributed by atoms with van der Waals surface area (Å²) in [7, 11) is 0. The fourth-order valence-electron chi connectivity index (χ4n) is 3.38. The summed E-state index contributed by atoms with van der Waals surface area (Å²) in [6.07, 6.45) is 5.61. The van der Waals surface area contributed by atoms with Crippen molar-refractivity contribution in [2.24, 2.45) is 10.4 Å². The van der Waals surface area contributed by atoms with E-state index in [-0.39, 0.29) is 24.0 Å². The molecule has 1 aliphatic heterocycles. The number of hydrogen-bond donors (Lipinski definition) is 1. The summed E-state index contributed by atoms with van der Waals surface area (Å²) in [6, 6.07) is 10.5. The summed E-state index contributed by atoms with van der Waals surface area (Å²) >= 11 is 0. The van der Waals surface area contributed by atoms with E-state index in [1.807, 2.05) is 0 Å². The Morgan fingerprint density at radius 3 is 2.57 bits per heavy atom. The fourth-order valence-corrected chi connectivity index (χ4v) is 3.38. The van der Waals surface area contributed by atoms with Crippen LogP contribution in [-0.2, 0) is 6.54 Å². The van der Waals surface area contributed by atoms with E-state index in [4.69, 9.17) is 4.99 Å². The molecule has 2 fully saturated rings. The molecule has 1 spiro atoms. The van der Waals surface area contributed by atoms with Gasteiger partial charge in [0, 0.05) is 19.6 Å². The molecule has 1 heterocycles. The van der Waals surface area contributed by atoms with Gasteiger partial charge >= 0.3 is 0 Å². The molecule has 1 saturated heterocycles. The Kier molecular flexibility index (Phi) is 5.90. The first-order chi connectivity index (χ1) is 9.81. The first-order valence-electron chi connectivity index (χ1n) is 7.89. The van der Waals surface area contributed by atoms with Crippen molar-refractivity contribution < 1.29 is 0 Å². The summed E-state index contributed by atoms with van der Waals surface area (Å²) in [5.41, 5.74) is 1.91. The SMILES string of the molecule is CCNC(=NCc1ccccc1)N1CCC2(CCC2)C1.I. The first kappa shape index (κ1) is 16.6. The highest BCUT2D eigenvalue weighted by atomic mass is 127. The molecule has 0 bridgehead atoms. The predicted molar refractivity (Wildman–Crippen MR) is 99.1 cm³/mol. The van der Waals surface area contributed by atoms with Gasteiger partial charge in [0.25, 0.3) is 0 Å². The molecule has 21 heavy (non-hydrogen) atoms. The number of nitrogens with zero attached hydrogens (tertiary/aromatic N) is 2. The largest absolute Gasteiger partial charge is 0.357 e. The Bertz CT molecular complexity index is 468. The lowest BCUT2D eigenvalue weighted by molar-refractivity contribution is 0.151. The van der Waals surface area contributed by atoms with E-state index in [1.165, 1.54) is 44.3 Å². The van der Waals surface area contributed by atoms with Crippen molar-refractivity contribution in [2.45, 2.75) is 39.2 Å². The van der Waals surface area contributed by atoms with E-state index < -0.39 is 0 Å². The highest BCUT2D eigenvalue weighted by Crippen LogP contribution is 2.47. The van der Waals surface area contributed by atoms with Gasteiger partial charge in [-0.25, -0.2) is 4.99 Å². The molecule has 0 amide bonds. The van der Waals surface area contributed by atoms with E-state index in [0.717, 1.165) is 19.0 Å². The standard InChI is InChI=1S/C17H25N3.HI/c1-2-18-16(19-13-15-7-4-3-5-8-15)20-12-11-17(14-20)9-6-10-17;/h3-5,7-8H,2,6,9-14H2,1H3,(H,18,19);1H. The number of nitrogens with one attached hydrogen (secondary N) is 1. The molecule has 3 rings (SSSR count). The monoisotopic (exact) mass is 399 g/mol. The van der Waals surface area contributed by atoms with Crippen LogP contribution in [0.4, 0.5) is 0 Å². The van der Waals surface area contributed by atoms with Gasteiger partial charge in [-0.05, 0) is 37.2 Å². The molecule has 1 aliphatic carbocycles. The summed E-state index contributed by atoms with van der Waals surface area (Å²) in [5, 5.41) is 3.46. The van der Waals surface area contributed by atoms with E-state index in [1.54, 1.807) is 0 Å². The minimum Gasteiger partial charge on any atom is -0.357 e. The van der Waals surface area contributed by atoms with Crippen LogP contribution in [0.15, 0.2) is 35.3 Å².